The number of hydrogen-bond acceptors (Lipinski definition) is 3. The van der Waals surface area contributed by atoms with Crippen molar-refractivity contribution in [2.75, 3.05) is 19.8 Å². The first kappa shape index (κ1) is 14.5. The fraction of sp³-hybridized carbons (Fsp3) is 0.688. The highest BCUT2D eigenvalue weighted by molar-refractivity contribution is 5.29. The number of aryl methyl sites for hydroxylation is 1. The summed E-state index contributed by atoms with van der Waals surface area (Å²) < 4.78 is 5.45. The third-order valence-corrected chi connectivity index (χ3v) is 3.96. The monoisotopic (exact) mass is 262 g/mol. The Bertz CT molecular complexity index is 381. The van der Waals surface area contributed by atoms with E-state index in [0.29, 0.717) is 12.0 Å². The van der Waals surface area contributed by atoms with Gasteiger partial charge in [-0.15, -0.1) is 0 Å². The third-order valence-electron chi connectivity index (χ3n) is 3.96. The molecule has 1 heterocycles. The van der Waals surface area contributed by atoms with Gasteiger partial charge < -0.3 is 10.1 Å². The Morgan fingerprint density at radius 2 is 2.37 bits per heavy atom. The summed E-state index contributed by atoms with van der Waals surface area (Å²) in [5, 5.41) is 3.65. The van der Waals surface area contributed by atoms with Gasteiger partial charge in [-0.25, -0.2) is 0 Å². The van der Waals surface area contributed by atoms with Crippen LogP contribution in [0.15, 0.2) is 18.3 Å². The van der Waals surface area contributed by atoms with E-state index in [9.17, 15) is 0 Å². The maximum atomic E-state index is 5.45. The highest BCUT2D eigenvalue weighted by atomic mass is 16.5. The zero-order chi connectivity index (χ0) is 13.5. The lowest BCUT2D eigenvalue weighted by Crippen LogP contribution is -2.34. The second kappa shape index (κ2) is 7.61. The molecule has 0 aromatic carbocycles. The average Bonchev–Trinajstić information content (AvgIpc) is 2.86. The van der Waals surface area contributed by atoms with E-state index < -0.39 is 0 Å². The minimum Gasteiger partial charge on any atom is -0.382 e. The third kappa shape index (κ3) is 3.77. The number of nitrogens with one attached hydrogen (secondary N) is 1. The Labute approximate surface area is 116 Å². The van der Waals surface area contributed by atoms with E-state index >= 15 is 0 Å². The number of nitrogens with zero attached hydrogens (tertiary/aromatic N) is 1. The van der Waals surface area contributed by atoms with Crippen LogP contribution in [0.25, 0.3) is 0 Å². The van der Waals surface area contributed by atoms with E-state index in [1.54, 1.807) is 0 Å². The summed E-state index contributed by atoms with van der Waals surface area (Å²) in [5.74, 6) is 0.581. The summed E-state index contributed by atoms with van der Waals surface area (Å²) in [6.45, 7) is 6.96. The molecular weight excluding hydrogens is 236 g/mol. The number of ether oxygens (including phenoxy) is 1. The maximum absolute atomic E-state index is 5.45. The molecule has 2 unspecified atom stereocenters. The summed E-state index contributed by atoms with van der Waals surface area (Å²) in [5.41, 5.74) is 2.77. The predicted molar refractivity (Wildman–Crippen MR) is 78.5 cm³/mol. The molecule has 1 aliphatic rings. The van der Waals surface area contributed by atoms with Crippen LogP contribution in [-0.2, 0) is 11.2 Å². The number of pyridine rings is 1. The molecule has 1 aliphatic carbocycles. The maximum Gasteiger partial charge on any atom is 0.0482 e. The van der Waals surface area contributed by atoms with Crippen LogP contribution in [0.4, 0.5) is 0 Å². The Morgan fingerprint density at radius 3 is 3.16 bits per heavy atom. The lowest BCUT2D eigenvalue weighted by molar-refractivity contribution is 0.139. The number of fused-ring (bicyclic) bond motifs is 1. The molecule has 0 bridgehead atoms. The Kier molecular flexibility index (Phi) is 5.80. The molecule has 0 aliphatic heterocycles. The molecule has 3 heteroatoms. The van der Waals surface area contributed by atoms with Crippen LogP contribution in [-0.4, -0.2) is 30.8 Å². The van der Waals surface area contributed by atoms with Crippen molar-refractivity contribution in [3.8, 4) is 0 Å². The molecule has 0 saturated heterocycles. The van der Waals surface area contributed by atoms with Gasteiger partial charge in [0.1, 0.15) is 0 Å². The topological polar surface area (TPSA) is 34.1 Å². The molecule has 0 spiro atoms. The van der Waals surface area contributed by atoms with Crippen molar-refractivity contribution >= 4 is 0 Å². The standard InChI is InChI=1S/C16H26N2O/c1-3-17-15(8-6-12-19-4-2)14-10-9-13-7-5-11-18-16(13)14/h5,7,11,14-15,17H,3-4,6,8-10,12H2,1-2H3. The van der Waals surface area contributed by atoms with Gasteiger partial charge in [-0.05, 0) is 50.8 Å². The van der Waals surface area contributed by atoms with Crippen LogP contribution in [0.2, 0.25) is 0 Å². The molecule has 0 amide bonds. The van der Waals surface area contributed by atoms with Gasteiger partial charge in [0.05, 0.1) is 0 Å². The van der Waals surface area contributed by atoms with Crippen LogP contribution in [0.1, 0.15) is 50.3 Å². The summed E-state index contributed by atoms with van der Waals surface area (Å²) in [7, 11) is 0. The van der Waals surface area contributed by atoms with Gasteiger partial charge in [-0.1, -0.05) is 13.0 Å². The lowest BCUT2D eigenvalue weighted by atomic mass is 9.93. The van der Waals surface area contributed by atoms with Crippen molar-refractivity contribution in [3.63, 3.8) is 0 Å². The van der Waals surface area contributed by atoms with Crippen LogP contribution in [0.5, 0.6) is 0 Å². The van der Waals surface area contributed by atoms with E-state index in [2.05, 4.69) is 36.3 Å². The molecule has 2 rings (SSSR count). The SMILES string of the molecule is CCNC(CCCOCC)C1CCc2cccnc21. The van der Waals surface area contributed by atoms with Crippen molar-refractivity contribution in [2.24, 2.45) is 0 Å². The van der Waals surface area contributed by atoms with Gasteiger partial charge in [0.2, 0.25) is 0 Å². The van der Waals surface area contributed by atoms with Crippen LogP contribution in [0, 0.1) is 0 Å². The molecule has 106 valence electrons. The summed E-state index contributed by atoms with van der Waals surface area (Å²) in [4.78, 5) is 4.62. The van der Waals surface area contributed by atoms with E-state index in [0.717, 1.165) is 26.2 Å². The van der Waals surface area contributed by atoms with Gasteiger partial charge in [-0.3, -0.25) is 4.98 Å². The largest absolute Gasteiger partial charge is 0.382 e. The highest BCUT2D eigenvalue weighted by Gasteiger charge is 2.29. The van der Waals surface area contributed by atoms with Gasteiger partial charge in [0.25, 0.3) is 0 Å². The van der Waals surface area contributed by atoms with Crippen molar-refractivity contribution in [1.29, 1.82) is 0 Å². The molecule has 2 atom stereocenters. The molecule has 0 fully saturated rings. The Hall–Kier alpha value is -0.930. The molecule has 0 saturated carbocycles. The fourth-order valence-corrected chi connectivity index (χ4v) is 3.09. The Balaban J connectivity index is 1.96. The molecule has 1 N–H and O–H groups in total. The van der Waals surface area contributed by atoms with Gasteiger partial charge in [-0.2, -0.15) is 0 Å². The zero-order valence-corrected chi connectivity index (χ0v) is 12.2. The van der Waals surface area contributed by atoms with E-state index in [1.807, 2.05) is 6.20 Å². The molecule has 19 heavy (non-hydrogen) atoms. The number of rotatable bonds is 8. The second-order valence-corrected chi connectivity index (χ2v) is 5.20. The Morgan fingerprint density at radius 1 is 1.47 bits per heavy atom. The molecule has 0 radical (unpaired) electrons. The first-order valence-corrected chi connectivity index (χ1v) is 7.61. The van der Waals surface area contributed by atoms with E-state index in [4.69, 9.17) is 4.74 Å². The summed E-state index contributed by atoms with van der Waals surface area (Å²) >= 11 is 0. The summed E-state index contributed by atoms with van der Waals surface area (Å²) in [6.07, 6.45) is 6.65. The normalized spacial score (nSPS) is 19.4. The zero-order valence-electron chi connectivity index (χ0n) is 12.2. The molecular formula is C16H26N2O. The van der Waals surface area contributed by atoms with Crippen molar-refractivity contribution in [1.82, 2.24) is 10.3 Å². The molecule has 1 aromatic heterocycles. The van der Waals surface area contributed by atoms with Crippen molar-refractivity contribution < 1.29 is 4.74 Å². The van der Waals surface area contributed by atoms with Gasteiger partial charge in [0, 0.05) is 37.1 Å². The minimum absolute atomic E-state index is 0.543. The van der Waals surface area contributed by atoms with E-state index in [-0.39, 0.29) is 0 Å². The van der Waals surface area contributed by atoms with Crippen molar-refractivity contribution in [3.05, 3.63) is 29.6 Å². The fourth-order valence-electron chi connectivity index (χ4n) is 3.09. The van der Waals surface area contributed by atoms with Crippen LogP contribution in [0.3, 0.4) is 0 Å². The number of aromatic nitrogens is 1. The van der Waals surface area contributed by atoms with Crippen LogP contribution >= 0.6 is 0 Å². The van der Waals surface area contributed by atoms with Crippen LogP contribution < -0.4 is 5.32 Å². The quantitative estimate of drug-likeness (QED) is 0.731. The minimum atomic E-state index is 0.543. The van der Waals surface area contributed by atoms with E-state index in [1.165, 1.54) is 30.5 Å². The molecule has 3 nitrogen and oxygen atoms in total. The number of likely N-dealkylation sites (N-methyl/N-ethyl adjacent to an activating group) is 1. The first-order chi connectivity index (χ1) is 9.36. The summed E-state index contributed by atoms with van der Waals surface area (Å²) in [6, 6.07) is 4.82. The molecule has 1 aromatic rings. The predicted octanol–water partition coefficient (Wildman–Crippen LogP) is 2.91. The smallest absolute Gasteiger partial charge is 0.0482 e. The second-order valence-electron chi connectivity index (χ2n) is 5.20. The first-order valence-electron chi connectivity index (χ1n) is 7.61. The average molecular weight is 262 g/mol. The van der Waals surface area contributed by atoms with Gasteiger partial charge in [0.15, 0.2) is 0 Å². The van der Waals surface area contributed by atoms with Gasteiger partial charge >= 0.3 is 0 Å². The lowest BCUT2D eigenvalue weighted by Gasteiger charge is -2.24. The number of hydrogen-bond donors (Lipinski definition) is 1. The van der Waals surface area contributed by atoms with Crippen molar-refractivity contribution in [2.45, 2.75) is 51.5 Å². The highest BCUT2D eigenvalue weighted by Crippen LogP contribution is 2.35.